The SMILES string of the molecule is Cc1cc(C)c(OP(Oc2cc(C)c(C)cc2C)c2ccc(-c3ccc(P(=O)(Oc4cc(C)c(C)cc4C)Oc4cc(C)c(C)cc4C)cc3)cc2)cc1C. The van der Waals surface area contributed by atoms with Crippen LogP contribution in [0.2, 0.25) is 0 Å². The van der Waals surface area contributed by atoms with E-state index in [2.05, 4.69) is 116 Å². The second kappa shape index (κ2) is 16.1. The Bertz CT molecular complexity index is 2310. The van der Waals surface area contributed by atoms with Crippen LogP contribution in [0.5, 0.6) is 23.0 Å². The molecule has 0 bridgehead atoms. The number of rotatable bonds is 11. The van der Waals surface area contributed by atoms with Crippen LogP contribution in [0.1, 0.15) is 66.8 Å². The molecule has 0 aliphatic carbocycles. The van der Waals surface area contributed by atoms with Crippen molar-refractivity contribution >= 4 is 26.6 Å². The summed E-state index contributed by atoms with van der Waals surface area (Å²) in [6.45, 7) is 24.7. The molecule has 0 radical (unpaired) electrons. The van der Waals surface area contributed by atoms with Crippen LogP contribution < -0.4 is 28.7 Å². The zero-order valence-corrected chi connectivity index (χ0v) is 36.0. The molecule has 7 heteroatoms. The highest BCUT2D eigenvalue weighted by molar-refractivity contribution is 7.63. The van der Waals surface area contributed by atoms with E-state index in [1.54, 1.807) is 0 Å². The third-order valence-corrected chi connectivity index (χ3v) is 13.8. The molecule has 0 aliphatic heterocycles. The summed E-state index contributed by atoms with van der Waals surface area (Å²) in [6, 6.07) is 32.4. The lowest BCUT2D eigenvalue weighted by atomic mass is 10.1. The van der Waals surface area contributed by atoms with Gasteiger partial charge < -0.3 is 18.1 Å². The molecule has 6 aromatic rings. The van der Waals surface area contributed by atoms with Gasteiger partial charge in [0.15, 0.2) is 0 Å². The maximum atomic E-state index is 15.0. The summed E-state index contributed by atoms with van der Waals surface area (Å²) in [7, 11) is -5.41. The summed E-state index contributed by atoms with van der Waals surface area (Å²) in [5, 5.41) is 1.42. The van der Waals surface area contributed by atoms with E-state index < -0.39 is 16.0 Å². The van der Waals surface area contributed by atoms with Crippen molar-refractivity contribution in [3.63, 3.8) is 0 Å². The third-order valence-electron chi connectivity index (χ3n) is 10.6. The number of hydrogen-bond donors (Lipinski definition) is 0. The molecule has 0 heterocycles. The van der Waals surface area contributed by atoms with Crippen LogP contribution in [0.3, 0.4) is 0 Å². The molecule has 0 saturated carbocycles. The van der Waals surface area contributed by atoms with Crippen LogP contribution in [0.25, 0.3) is 11.1 Å². The van der Waals surface area contributed by atoms with Gasteiger partial charge in [0, 0.05) is 0 Å². The van der Waals surface area contributed by atoms with E-state index in [0.717, 1.165) is 72.4 Å². The van der Waals surface area contributed by atoms with Gasteiger partial charge >= 0.3 is 16.0 Å². The Morgan fingerprint density at radius 3 is 1.02 bits per heavy atom. The summed E-state index contributed by atoms with van der Waals surface area (Å²) in [6.07, 6.45) is 0. The van der Waals surface area contributed by atoms with Gasteiger partial charge in [-0.1, -0.05) is 48.5 Å². The lowest BCUT2D eigenvalue weighted by Crippen LogP contribution is -2.16. The van der Waals surface area contributed by atoms with Crippen molar-refractivity contribution in [1.82, 2.24) is 0 Å². The van der Waals surface area contributed by atoms with E-state index in [9.17, 15) is 4.57 Å². The number of benzene rings is 6. The van der Waals surface area contributed by atoms with Gasteiger partial charge in [0.25, 0.3) is 0 Å². The molecule has 6 aromatic carbocycles. The van der Waals surface area contributed by atoms with Gasteiger partial charge in [-0.25, -0.2) is 4.57 Å². The Balaban J connectivity index is 1.33. The zero-order valence-electron chi connectivity index (χ0n) is 34.2. The molecule has 284 valence electrons. The summed E-state index contributed by atoms with van der Waals surface area (Å²) >= 11 is 0. The zero-order chi connectivity index (χ0) is 39.8. The van der Waals surface area contributed by atoms with Gasteiger partial charge in [-0.3, -0.25) is 0 Å². The Morgan fingerprint density at radius 2 is 0.655 bits per heavy atom. The topological polar surface area (TPSA) is 54.0 Å². The van der Waals surface area contributed by atoms with E-state index in [1.165, 1.54) is 22.3 Å². The van der Waals surface area contributed by atoms with Crippen LogP contribution in [0.4, 0.5) is 0 Å². The summed E-state index contributed by atoms with van der Waals surface area (Å²) in [5.41, 5.74) is 15.1. The Hall–Kier alpha value is -4.82. The van der Waals surface area contributed by atoms with Gasteiger partial charge in [0.1, 0.15) is 23.0 Å². The van der Waals surface area contributed by atoms with E-state index >= 15 is 0 Å². The van der Waals surface area contributed by atoms with Crippen molar-refractivity contribution in [3.05, 3.63) is 164 Å². The molecule has 0 atom stereocenters. The molecule has 0 aromatic heterocycles. The van der Waals surface area contributed by atoms with Crippen molar-refractivity contribution in [3.8, 4) is 34.1 Å². The average molecular weight is 771 g/mol. The monoisotopic (exact) mass is 770 g/mol. The first kappa shape index (κ1) is 39.9. The van der Waals surface area contributed by atoms with Gasteiger partial charge in [-0.05, 0) is 210 Å². The molecule has 0 unspecified atom stereocenters. The molecule has 0 N–H and O–H groups in total. The van der Waals surface area contributed by atoms with E-state index in [1.807, 2.05) is 64.1 Å². The quantitative estimate of drug-likeness (QED) is 0.123. The Kier molecular flexibility index (Phi) is 11.7. The highest BCUT2D eigenvalue weighted by Gasteiger charge is 2.33. The van der Waals surface area contributed by atoms with Crippen molar-refractivity contribution in [1.29, 1.82) is 0 Å². The fourth-order valence-electron chi connectivity index (χ4n) is 6.43. The second-order valence-electron chi connectivity index (χ2n) is 15.0. The maximum absolute atomic E-state index is 15.0. The highest BCUT2D eigenvalue weighted by Crippen LogP contribution is 2.50. The molecule has 0 aliphatic rings. The molecular weight excluding hydrogens is 718 g/mol. The largest absolute Gasteiger partial charge is 0.462 e. The summed E-state index contributed by atoms with van der Waals surface area (Å²) in [4.78, 5) is 0. The fraction of sp³-hybridized carbons (Fsp3) is 0.250. The lowest BCUT2D eigenvalue weighted by Gasteiger charge is -2.23. The molecule has 6 rings (SSSR count). The number of hydrogen-bond acceptors (Lipinski definition) is 5. The van der Waals surface area contributed by atoms with Crippen LogP contribution in [0.15, 0.2) is 97.1 Å². The summed E-state index contributed by atoms with van der Waals surface area (Å²) in [5.74, 6) is 2.72. The van der Waals surface area contributed by atoms with Crippen molar-refractivity contribution in [2.75, 3.05) is 0 Å². The fourth-order valence-corrected chi connectivity index (χ4v) is 9.49. The van der Waals surface area contributed by atoms with E-state index in [0.29, 0.717) is 16.8 Å². The first-order valence-electron chi connectivity index (χ1n) is 18.7. The molecular formula is C48H52O5P2. The minimum Gasteiger partial charge on any atom is -0.435 e. The predicted octanol–water partition coefficient (Wildman–Crippen LogP) is 13.1. The van der Waals surface area contributed by atoms with E-state index in [-0.39, 0.29) is 0 Å². The van der Waals surface area contributed by atoms with Gasteiger partial charge in [0.05, 0.1) is 10.6 Å². The predicted molar refractivity (Wildman–Crippen MR) is 231 cm³/mol. The lowest BCUT2D eigenvalue weighted by molar-refractivity contribution is 0.396. The van der Waals surface area contributed by atoms with Crippen molar-refractivity contribution in [2.24, 2.45) is 0 Å². The van der Waals surface area contributed by atoms with Crippen LogP contribution in [0, 0.1) is 83.1 Å². The minimum atomic E-state index is -3.89. The first-order valence-corrected chi connectivity index (χ1v) is 21.4. The van der Waals surface area contributed by atoms with Crippen LogP contribution in [-0.2, 0) is 4.57 Å². The van der Waals surface area contributed by atoms with Crippen molar-refractivity contribution in [2.45, 2.75) is 83.1 Å². The molecule has 5 nitrogen and oxygen atoms in total. The second-order valence-corrected chi connectivity index (χ2v) is 18.3. The normalized spacial score (nSPS) is 11.5. The van der Waals surface area contributed by atoms with Crippen LogP contribution >= 0.6 is 16.0 Å². The molecule has 0 amide bonds. The smallest absolute Gasteiger partial charge is 0.435 e. The van der Waals surface area contributed by atoms with Gasteiger partial charge in [0.2, 0.25) is 0 Å². The standard InChI is InChI=1S/C48H52O5P2/c1-29-21-37(9)45(25-33(29)5)50-54(51-46-26-34(6)30(2)22-38(46)10)43-17-13-41(14-18-43)42-15-19-44(20-16-42)55(49,52-47-27-35(7)31(3)23-39(47)11)53-48-28-36(8)32(4)24-40(48)12/h13-28H,1-12H3. The van der Waals surface area contributed by atoms with E-state index in [4.69, 9.17) is 18.1 Å². The van der Waals surface area contributed by atoms with Crippen LogP contribution in [-0.4, -0.2) is 0 Å². The highest BCUT2D eigenvalue weighted by atomic mass is 31.2. The molecule has 0 spiro atoms. The average Bonchev–Trinajstić information content (AvgIpc) is 3.14. The molecule has 0 saturated heterocycles. The number of aryl methyl sites for hydroxylation is 12. The molecule has 55 heavy (non-hydrogen) atoms. The van der Waals surface area contributed by atoms with Gasteiger partial charge in [-0.2, -0.15) is 0 Å². The summed E-state index contributed by atoms with van der Waals surface area (Å²) < 4.78 is 41.3. The minimum absolute atomic E-state index is 0.473. The first-order chi connectivity index (χ1) is 26.0. The van der Waals surface area contributed by atoms with Crippen molar-refractivity contribution < 1.29 is 22.7 Å². The maximum Gasteiger partial charge on any atom is 0.462 e. The van der Waals surface area contributed by atoms with Gasteiger partial charge in [-0.15, -0.1) is 0 Å². The Labute approximate surface area is 329 Å². The molecule has 0 fully saturated rings. The third kappa shape index (κ3) is 8.86. The Morgan fingerprint density at radius 1 is 0.364 bits per heavy atom.